The molecule has 1 heterocycles. The van der Waals surface area contributed by atoms with Crippen molar-refractivity contribution < 1.29 is 4.74 Å². The van der Waals surface area contributed by atoms with Crippen molar-refractivity contribution in [2.75, 3.05) is 5.43 Å². The van der Waals surface area contributed by atoms with Crippen LogP contribution in [0.4, 0.5) is 5.82 Å². The topological polar surface area (TPSA) is 73.1 Å². The molecule has 5 nitrogen and oxygen atoms in total. The van der Waals surface area contributed by atoms with E-state index in [-0.39, 0.29) is 6.10 Å². The first-order valence-corrected chi connectivity index (χ1v) is 7.03. The van der Waals surface area contributed by atoms with Gasteiger partial charge in [0, 0.05) is 12.5 Å². The Bertz CT molecular complexity index is 401. The Balaban J connectivity index is 2.03. The second kappa shape index (κ2) is 5.74. The number of nitrogens with zero attached hydrogens (tertiary/aromatic N) is 2. The first kappa shape index (κ1) is 14.1. The van der Waals surface area contributed by atoms with Crippen molar-refractivity contribution in [3.8, 4) is 5.88 Å². The quantitative estimate of drug-likeness (QED) is 0.646. The Morgan fingerprint density at radius 3 is 2.63 bits per heavy atom. The number of rotatable bonds is 4. The van der Waals surface area contributed by atoms with E-state index in [0.717, 1.165) is 25.1 Å². The molecule has 2 rings (SSSR count). The number of aromatic nitrogens is 2. The molecule has 1 aromatic heterocycles. The SMILES string of the molecule is CCc1nc(NN)cc(OC2CCC(C)(C)CC2)n1. The molecule has 1 aromatic rings. The fourth-order valence-corrected chi connectivity index (χ4v) is 2.43. The predicted octanol–water partition coefficient (Wildman–Crippen LogP) is 2.67. The molecule has 0 amide bonds. The Labute approximate surface area is 114 Å². The van der Waals surface area contributed by atoms with E-state index in [1.54, 1.807) is 6.07 Å². The molecule has 0 atom stereocenters. The van der Waals surface area contributed by atoms with E-state index in [1.165, 1.54) is 12.8 Å². The highest BCUT2D eigenvalue weighted by Crippen LogP contribution is 2.36. The minimum atomic E-state index is 0.262. The Hall–Kier alpha value is -1.36. The van der Waals surface area contributed by atoms with E-state index >= 15 is 0 Å². The molecule has 5 heteroatoms. The van der Waals surface area contributed by atoms with Gasteiger partial charge in [0.1, 0.15) is 17.7 Å². The summed E-state index contributed by atoms with van der Waals surface area (Å²) in [6.07, 6.45) is 5.60. The van der Waals surface area contributed by atoms with Crippen molar-refractivity contribution in [2.24, 2.45) is 11.3 Å². The van der Waals surface area contributed by atoms with Crippen LogP contribution in [0.1, 0.15) is 52.3 Å². The second-order valence-electron chi connectivity index (χ2n) is 5.99. The molecule has 1 fully saturated rings. The summed E-state index contributed by atoms with van der Waals surface area (Å²) in [5, 5.41) is 0. The summed E-state index contributed by atoms with van der Waals surface area (Å²) in [4.78, 5) is 8.66. The first-order valence-electron chi connectivity index (χ1n) is 7.03. The molecule has 0 bridgehead atoms. The van der Waals surface area contributed by atoms with Crippen molar-refractivity contribution in [1.82, 2.24) is 9.97 Å². The van der Waals surface area contributed by atoms with Gasteiger partial charge in [0.25, 0.3) is 0 Å². The summed E-state index contributed by atoms with van der Waals surface area (Å²) in [7, 11) is 0. The van der Waals surface area contributed by atoms with Gasteiger partial charge in [-0.15, -0.1) is 0 Å². The highest BCUT2D eigenvalue weighted by Gasteiger charge is 2.28. The molecule has 106 valence electrons. The summed E-state index contributed by atoms with van der Waals surface area (Å²) in [6.45, 7) is 6.65. The van der Waals surface area contributed by atoms with Gasteiger partial charge in [0.2, 0.25) is 5.88 Å². The fourth-order valence-electron chi connectivity index (χ4n) is 2.43. The van der Waals surface area contributed by atoms with Crippen LogP contribution in [0.15, 0.2) is 6.07 Å². The maximum absolute atomic E-state index is 5.99. The molecular formula is C14H24N4O. The van der Waals surface area contributed by atoms with Crippen LogP contribution < -0.4 is 16.0 Å². The van der Waals surface area contributed by atoms with Gasteiger partial charge in [-0.25, -0.2) is 10.8 Å². The van der Waals surface area contributed by atoms with Gasteiger partial charge in [-0.05, 0) is 31.1 Å². The fraction of sp³-hybridized carbons (Fsp3) is 0.714. The number of hydrogen-bond acceptors (Lipinski definition) is 5. The lowest BCUT2D eigenvalue weighted by Crippen LogP contribution is -2.28. The van der Waals surface area contributed by atoms with Crippen molar-refractivity contribution in [1.29, 1.82) is 0 Å². The predicted molar refractivity (Wildman–Crippen MR) is 75.9 cm³/mol. The normalized spacial score (nSPS) is 19.2. The molecule has 0 unspecified atom stereocenters. The monoisotopic (exact) mass is 264 g/mol. The molecular weight excluding hydrogens is 240 g/mol. The third kappa shape index (κ3) is 3.80. The molecule has 0 radical (unpaired) electrons. The van der Waals surface area contributed by atoms with Gasteiger partial charge < -0.3 is 10.2 Å². The van der Waals surface area contributed by atoms with Crippen LogP contribution in [-0.4, -0.2) is 16.1 Å². The number of anilines is 1. The van der Waals surface area contributed by atoms with Crippen molar-refractivity contribution >= 4 is 5.82 Å². The van der Waals surface area contributed by atoms with Crippen molar-refractivity contribution in [3.05, 3.63) is 11.9 Å². The van der Waals surface area contributed by atoms with E-state index < -0.39 is 0 Å². The van der Waals surface area contributed by atoms with E-state index in [0.29, 0.717) is 17.1 Å². The number of hydrogen-bond donors (Lipinski definition) is 2. The van der Waals surface area contributed by atoms with Crippen molar-refractivity contribution in [2.45, 2.75) is 59.0 Å². The van der Waals surface area contributed by atoms with Gasteiger partial charge in [-0.1, -0.05) is 20.8 Å². The maximum Gasteiger partial charge on any atom is 0.219 e. The summed E-state index contributed by atoms with van der Waals surface area (Å²) in [6, 6.07) is 1.76. The molecule has 0 saturated heterocycles. The van der Waals surface area contributed by atoms with Gasteiger partial charge in [-0.2, -0.15) is 4.98 Å². The summed E-state index contributed by atoms with van der Waals surface area (Å²) in [5.74, 6) is 7.41. The molecule has 1 saturated carbocycles. The number of nitrogens with two attached hydrogens (primary N) is 1. The molecule has 19 heavy (non-hydrogen) atoms. The van der Waals surface area contributed by atoms with E-state index in [2.05, 4.69) is 29.2 Å². The average molecular weight is 264 g/mol. The van der Waals surface area contributed by atoms with Crippen molar-refractivity contribution in [3.63, 3.8) is 0 Å². The maximum atomic E-state index is 5.99. The Morgan fingerprint density at radius 2 is 2.05 bits per heavy atom. The minimum Gasteiger partial charge on any atom is -0.474 e. The summed E-state index contributed by atoms with van der Waals surface area (Å²) in [5.41, 5.74) is 3.01. The lowest BCUT2D eigenvalue weighted by molar-refractivity contribution is 0.0946. The number of nitrogens with one attached hydrogen (secondary N) is 1. The third-order valence-corrected chi connectivity index (χ3v) is 3.79. The molecule has 3 N–H and O–H groups in total. The minimum absolute atomic E-state index is 0.262. The molecule has 1 aliphatic rings. The smallest absolute Gasteiger partial charge is 0.219 e. The molecule has 0 aliphatic heterocycles. The standard InChI is InChI=1S/C14H24N4O/c1-4-11-16-12(18-15)9-13(17-11)19-10-5-7-14(2,3)8-6-10/h9-10H,4-8,15H2,1-3H3,(H,16,17,18). The van der Waals surface area contributed by atoms with E-state index in [1.807, 2.05) is 6.92 Å². The van der Waals surface area contributed by atoms with Crippen LogP contribution in [0.3, 0.4) is 0 Å². The van der Waals surface area contributed by atoms with Crippen LogP contribution in [0.2, 0.25) is 0 Å². The Morgan fingerprint density at radius 1 is 1.37 bits per heavy atom. The number of aryl methyl sites for hydroxylation is 1. The largest absolute Gasteiger partial charge is 0.474 e. The Kier molecular flexibility index (Phi) is 4.24. The summed E-state index contributed by atoms with van der Waals surface area (Å²) < 4.78 is 5.99. The van der Waals surface area contributed by atoms with Gasteiger partial charge in [-0.3, -0.25) is 0 Å². The van der Waals surface area contributed by atoms with Crippen LogP contribution >= 0.6 is 0 Å². The molecule has 0 aromatic carbocycles. The van der Waals surface area contributed by atoms with E-state index in [9.17, 15) is 0 Å². The average Bonchev–Trinajstić information content (AvgIpc) is 2.40. The third-order valence-electron chi connectivity index (χ3n) is 3.79. The number of nitrogen functional groups attached to an aromatic ring is 1. The van der Waals surface area contributed by atoms with Crippen LogP contribution in [-0.2, 0) is 6.42 Å². The molecule has 1 aliphatic carbocycles. The second-order valence-corrected chi connectivity index (χ2v) is 5.99. The van der Waals surface area contributed by atoms with Gasteiger partial charge in [0.15, 0.2) is 0 Å². The lowest BCUT2D eigenvalue weighted by atomic mass is 9.76. The van der Waals surface area contributed by atoms with Crippen LogP contribution in [0, 0.1) is 5.41 Å². The molecule has 0 spiro atoms. The first-order chi connectivity index (χ1) is 9.02. The number of ether oxygens (including phenoxy) is 1. The van der Waals surface area contributed by atoms with Gasteiger partial charge >= 0.3 is 0 Å². The zero-order chi connectivity index (χ0) is 13.9. The highest BCUT2D eigenvalue weighted by atomic mass is 16.5. The van der Waals surface area contributed by atoms with Crippen LogP contribution in [0.5, 0.6) is 5.88 Å². The highest BCUT2D eigenvalue weighted by molar-refractivity contribution is 5.37. The number of hydrazine groups is 1. The summed E-state index contributed by atoms with van der Waals surface area (Å²) >= 11 is 0. The zero-order valence-corrected chi connectivity index (χ0v) is 12.1. The zero-order valence-electron chi connectivity index (χ0n) is 12.1. The van der Waals surface area contributed by atoms with E-state index in [4.69, 9.17) is 10.6 Å². The lowest BCUT2D eigenvalue weighted by Gasteiger charge is -2.34. The van der Waals surface area contributed by atoms with Gasteiger partial charge in [0.05, 0.1) is 0 Å². The van der Waals surface area contributed by atoms with Crippen LogP contribution in [0.25, 0.3) is 0 Å².